The van der Waals surface area contributed by atoms with Crippen LogP contribution in [0.15, 0.2) is 36.4 Å². The smallest absolute Gasteiger partial charge is 0.376 e. The first-order chi connectivity index (χ1) is 11.8. The van der Waals surface area contributed by atoms with Crippen LogP contribution in [-0.4, -0.2) is 19.7 Å². The third-order valence-electron chi connectivity index (χ3n) is 4.49. The Morgan fingerprint density at radius 1 is 0.962 bits per heavy atom. The predicted octanol–water partition coefficient (Wildman–Crippen LogP) is 4.09. The fraction of sp³-hybridized carbons (Fsp3) is 0.278. The monoisotopic (exact) mass is 384 g/mol. The molecule has 0 spiro atoms. The largest absolute Gasteiger partial charge is 0.534 e. The van der Waals surface area contributed by atoms with Crippen molar-refractivity contribution < 1.29 is 30.6 Å². The molecule has 26 heavy (non-hydrogen) atoms. The predicted molar refractivity (Wildman–Crippen MR) is 88.8 cm³/mol. The van der Waals surface area contributed by atoms with E-state index >= 15 is 0 Å². The average molecular weight is 384 g/mol. The van der Waals surface area contributed by atoms with Crippen LogP contribution in [0.1, 0.15) is 46.5 Å². The van der Waals surface area contributed by atoms with Crippen molar-refractivity contribution >= 4 is 15.9 Å². The minimum Gasteiger partial charge on any atom is -0.376 e. The normalized spacial score (nSPS) is 16.0. The molecule has 0 amide bonds. The molecule has 0 unspecified atom stereocenters. The number of hydrogen-bond donors (Lipinski definition) is 0. The van der Waals surface area contributed by atoms with Gasteiger partial charge in [-0.05, 0) is 36.2 Å². The van der Waals surface area contributed by atoms with Crippen molar-refractivity contribution in [2.24, 2.45) is 0 Å². The quantitative estimate of drug-likeness (QED) is 0.578. The van der Waals surface area contributed by atoms with E-state index in [0.717, 1.165) is 17.2 Å². The standard InChI is InChI=1S/C18H15F3O4S/c1-10-4-6-12-14(8-10)17(2,3)15-9-11(5-7-13(15)16(12)22)25-26(23,24)18(19,20)21/h4-9H,1-3H3. The van der Waals surface area contributed by atoms with Gasteiger partial charge < -0.3 is 4.18 Å². The number of alkyl halides is 3. The van der Waals surface area contributed by atoms with Crippen molar-refractivity contribution in [1.82, 2.24) is 0 Å². The van der Waals surface area contributed by atoms with Crippen molar-refractivity contribution in [3.8, 4) is 5.75 Å². The molecule has 0 fully saturated rings. The van der Waals surface area contributed by atoms with Crippen LogP contribution in [0, 0.1) is 6.92 Å². The lowest BCUT2D eigenvalue weighted by Gasteiger charge is -2.34. The summed E-state index contributed by atoms with van der Waals surface area (Å²) >= 11 is 0. The number of carbonyl (C=O) groups is 1. The second kappa shape index (κ2) is 5.57. The summed E-state index contributed by atoms with van der Waals surface area (Å²) in [4.78, 5) is 12.7. The molecule has 1 aliphatic carbocycles. The molecule has 0 N–H and O–H groups in total. The highest BCUT2D eigenvalue weighted by atomic mass is 32.2. The summed E-state index contributed by atoms with van der Waals surface area (Å²) in [7, 11) is -5.78. The van der Waals surface area contributed by atoms with Gasteiger partial charge in [0.1, 0.15) is 5.75 Å². The molecule has 0 saturated heterocycles. The zero-order valence-corrected chi connectivity index (χ0v) is 15.0. The van der Waals surface area contributed by atoms with E-state index in [2.05, 4.69) is 4.18 Å². The van der Waals surface area contributed by atoms with Gasteiger partial charge in [0.25, 0.3) is 0 Å². The van der Waals surface area contributed by atoms with Crippen molar-refractivity contribution in [2.45, 2.75) is 31.7 Å². The molecule has 2 aromatic rings. The van der Waals surface area contributed by atoms with Crippen LogP contribution in [-0.2, 0) is 15.5 Å². The minimum atomic E-state index is -5.78. The van der Waals surface area contributed by atoms with Crippen LogP contribution in [0.4, 0.5) is 13.2 Å². The molecule has 4 nitrogen and oxygen atoms in total. The Balaban J connectivity index is 2.14. The number of aryl methyl sites for hydroxylation is 1. The summed E-state index contributed by atoms with van der Waals surface area (Å²) in [5, 5.41) is 0. The summed E-state index contributed by atoms with van der Waals surface area (Å²) in [5.74, 6) is -0.752. The second-order valence-electron chi connectivity index (χ2n) is 6.69. The number of benzene rings is 2. The van der Waals surface area contributed by atoms with Crippen LogP contribution >= 0.6 is 0 Å². The fourth-order valence-electron chi connectivity index (χ4n) is 3.13. The zero-order chi connectivity index (χ0) is 19.5. The van der Waals surface area contributed by atoms with Gasteiger partial charge in [0.05, 0.1) is 0 Å². The molecule has 1 aliphatic rings. The molecule has 0 heterocycles. The Hall–Kier alpha value is -2.35. The van der Waals surface area contributed by atoms with E-state index in [1.165, 1.54) is 12.1 Å². The maximum atomic E-state index is 12.7. The van der Waals surface area contributed by atoms with Gasteiger partial charge in [0.15, 0.2) is 5.78 Å². The van der Waals surface area contributed by atoms with Crippen LogP contribution < -0.4 is 4.18 Å². The van der Waals surface area contributed by atoms with Crippen LogP contribution in [0.3, 0.4) is 0 Å². The van der Waals surface area contributed by atoms with Gasteiger partial charge in [-0.3, -0.25) is 4.79 Å². The number of carbonyl (C=O) groups excluding carboxylic acids is 1. The van der Waals surface area contributed by atoms with Crippen molar-refractivity contribution in [2.75, 3.05) is 0 Å². The van der Waals surface area contributed by atoms with Gasteiger partial charge in [0.2, 0.25) is 0 Å². The summed E-state index contributed by atoms with van der Waals surface area (Å²) in [6.07, 6.45) is 0. The number of halogens is 3. The third-order valence-corrected chi connectivity index (χ3v) is 5.47. The topological polar surface area (TPSA) is 60.4 Å². The second-order valence-corrected chi connectivity index (χ2v) is 8.23. The molecule has 0 radical (unpaired) electrons. The lowest BCUT2D eigenvalue weighted by Crippen LogP contribution is -2.31. The molecule has 0 atom stereocenters. The number of fused-ring (bicyclic) bond motifs is 2. The maximum Gasteiger partial charge on any atom is 0.534 e. The molecule has 0 saturated carbocycles. The highest BCUT2D eigenvalue weighted by molar-refractivity contribution is 7.88. The van der Waals surface area contributed by atoms with E-state index in [0.29, 0.717) is 16.7 Å². The lowest BCUT2D eigenvalue weighted by molar-refractivity contribution is -0.0500. The van der Waals surface area contributed by atoms with Crippen LogP contribution in [0.2, 0.25) is 0 Å². The molecule has 138 valence electrons. The molecule has 0 aliphatic heterocycles. The molecular weight excluding hydrogens is 369 g/mol. The fourth-order valence-corrected chi connectivity index (χ4v) is 3.58. The highest BCUT2D eigenvalue weighted by Crippen LogP contribution is 2.43. The van der Waals surface area contributed by atoms with Crippen molar-refractivity contribution in [3.05, 3.63) is 64.2 Å². The van der Waals surface area contributed by atoms with E-state index in [9.17, 15) is 26.4 Å². The zero-order valence-electron chi connectivity index (χ0n) is 14.1. The Labute approximate surface area is 148 Å². The Morgan fingerprint density at radius 2 is 1.50 bits per heavy atom. The average Bonchev–Trinajstić information content (AvgIpc) is 2.51. The van der Waals surface area contributed by atoms with Gasteiger partial charge in [0, 0.05) is 16.5 Å². The highest BCUT2D eigenvalue weighted by Gasteiger charge is 2.49. The molecule has 3 rings (SSSR count). The van der Waals surface area contributed by atoms with Crippen LogP contribution in [0.25, 0.3) is 0 Å². The van der Waals surface area contributed by atoms with Gasteiger partial charge in [-0.15, -0.1) is 0 Å². The molecule has 2 aromatic carbocycles. The van der Waals surface area contributed by atoms with E-state index in [-0.39, 0.29) is 5.78 Å². The summed E-state index contributed by atoms with van der Waals surface area (Å²) < 4.78 is 64.3. The summed E-state index contributed by atoms with van der Waals surface area (Å²) in [6.45, 7) is 5.50. The number of hydrogen-bond acceptors (Lipinski definition) is 4. The van der Waals surface area contributed by atoms with E-state index in [1.807, 2.05) is 32.9 Å². The SMILES string of the molecule is Cc1ccc2c(c1)C(C)(C)c1cc(OS(=O)(=O)C(F)(F)F)ccc1C2=O. The first-order valence-corrected chi connectivity index (χ1v) is 9.06. The van der Waals surface area contributed by atoms with E-state index in [1.54, 1.807) is 6.07 Å². The Morgan fingerprint density at radius 3 is 2.08 bits per heavy atom. The molecule has 0 aromatic heterocycles. The first-order valence-electron chi connectivity index (χ1n) is 7.66. The third kappa shape index (κ3) is 2.78. The molecule has 0 bridgehead atoms. The minimum absolute atomic E-state index is 0.264. The van der Waals surface area contributed by atoms with Gasteiger partial charge in [-0.25, -0.2) is 0 Å². The van der Waals surface area contributed by atoms with E-state index < -0.39 is 26.8 Å². The maximum absolute atomic E-state index is 12.7. The van der Waals surface area contributed by atoms with Gasteiger partial charge in [-0.2, -0.15) is 21.6 Å². The van der Waals surface area contributed by atoms with Crippen LogP contribution in [0.5, 0.6) is 5.75 Å². The van der Waals surface area contributed by atoms with Crippen molar-refractivity contribution in [3.63, 3.8) is 0 Å². The first kappa shape index (κ1) is 18.4. The summed E-state index contributed by atoms with van der Waals surface area (Å²) in [6, 6.07) is 8.90. The Kier molecular flexibility index (Phi) is 3.95. The molecule has 8 heteroatoms. The lowest BCUT2D eigenvalue weighted by atomic mass is 9.68. The van der Waals surface area contributed by atoms with Gasteiger partial charge >= 0.3 is 15.6 Å². The number of rotatable bonds is 2. The Bertz CT molecular complexity index is 1020. The van der Waals surface area contributed by atoms with E-state index in [4.69, 9.17) is 0 Å². The molecular formula is C18H15F3O4S. The summed E-state index contributed by atoms with van der Waals surface area (Å²) in [5.41, 5.74) is -3.35. The van der Waals surface area contributed by atoms with Gasteiger partial charge in [-0.1, -0.05) is 37.6 Å². The van der Waals surface area contributed by atoms with Crippen molar-refractivity contribution in [1.29, 1.82) is 0 Å². The number of ketones is 1.